The van der Waals surface area contributed by atoms with E-state index in [2.05, 4.69) is 10.6 Å². The highest BCUT2D eigenvalue weighted by Crippen LogP contribution is 2.21. The van der Waals surface area contributed by atoms with Crippen LogP contribution in [-0.2, 0) is 4.79 Å². The number of anilines is 1. The molecule has 2 aromatic carbocycles. The van der Waals surface area contributed by atoms with Gasteiger partial charge in [-0.15, -0.1) is 0 Å². The van der Waals surface area contributed by atoms with Crippen LogP contribution in [0.25, 0.3) is 0 Å². The zero-order chi connectivity index (χ0) is 17.6. The first-order chi connectivity index (χ1) is 12.1. The standard InChI is InChI=1S/C20H23N3O2/c1-15(20(25)23-13-11-21-12-14-23)16-7-9-18(10-8-16)22-19(24)17-5-3-2-4-6-17/h2-10,15,21H,11-14H2,1H3,(H,22,24). The monoisotopic (exact) mass is 337 g/mol. The number of benzene rings is 2. The smallest absolute Gasteiger partial charge is 0.255 e. The molecular weight excluding hydrogens is 314 g/mol. The lowest BCUT2D eigenvalue weighted by Gasteiger charge is -2.30. The molecule has 0 radical (unpaired) electrons. The minimum Gasteiger partial charge on any atom is -0.340 e. The van der Waals surface area contributed by atoms with Crippen molar-refractivity contribution in [3.05, 3.63) is 65.7 Å². The maximum atomic E-state index is 12.6. The second kappa shape index (κ2) is 7.94. The van der Waals surface area contributed by atoms with E-state index in [0.29, 0.717) is 5.56 Å². The first kappa shape index (κ1) is 17.2. The first-order valence-electron chi connectivity index (χ1n) is 8.61. The minimum absolute atomic E-state index is 0.140. The number of carbonyl (C=O) groups excluding carboxylic acids is 2. The van der Waals surface area contributed by atoms with Gasteiger partial charge in [0.1, 0.15) is 0 Å². The molecule has 5 nitrogen and oxygen atoms in total. The molecule has 2 aromatic rings. The fourth-order valence-corrected chi connectivity index (χ4v) is 2.95. The predicted octanol–water partition coefficient (Wildman–Crippen LogP) is 2.47. The largest absolute Gasteiger partial charge is 0.340 e. The Balaban J connectivity index is 1.63. The first-order valence-corrected chi connectivity index (χ1v) is 8.61. The van der Waals surface area contributed by atoms with E-state index in [0.717, 1.165) is 37.4 Å². The fraction of sp³-hybridized carbons (Fsp3) is 0.300. The Kier molecular flexibility index (Phi) is 5.46. The van der Waals surface area contributed by atoms with Crippen LogP contribution >= 0.6 is 0 Å². The van der Waals surface area contributed by atoms with Gasteiger partial charge in [0.2, 0.25) is 5.91 Å². The molecule has 25 heavy (non-hydrogen) atoms. The van der Waals surface area contributed by atoms with Crippen LogP contribution in [0.3, 0.4) is 0 Å². The van der Waals surface area contributed by atoms with Gasteiger partial charge < -0.3 is 15.5 Å². The summed E-state index contributed by atoms with van der Waals surface area (Å²) in [5, 5.41) is 6.13. The van der Waals surface area contributed by atoms with Crippen LogP contribution in [0.15, 0.2) is 54.6 Å². The van der Waals surface area contributed by atoms with Gasteiger partial charge in [0.05, 0.1) is 5.92 Å². The van der Waals surface area contributed by atoms with E-state index in [4.69, 9.17) is 0 Å². The number of hydrogen-bond donors (Lipinski definition) is 2. The van der Waals surface area contributed by atoms with Crippen LogP contribution in [0, 0.1) is 0 Å². The Morgan fingerprint density at radius 1 is 1.00 bits per heavy atom. The lowest BCUT2D eigenvalue weighted by atomic mass is 9.99. The molecule has 1 saturated heterocycles. The van der Waals surface area contributed by atoms with E-state index in [-0.39, 0.29) is 17.7 Å². The van der Waals surface area contributed by atoms with E-state index in [1.54, 1.807) is 12.1 Å². The van der Waals surface area contributed by atoms with Crippen molar-refractivity contribution in [1.82, 2.24) is 10.2 Å². The molecule has 1 aliphatic rings. The van der Waals surface area contributed by atoms with Gasteiger partial charge in [-0.1, -0.05) is 30.3 Å². The predicted molar refractivity (Wildman–Crippen MR) is 98.7 cm³/mol. The van der Waals surface area contributed by atoms with Gasteiger partial charge in [0, 0.05) is 37.4 Å². The average Bonchev–Trinajstić information content (AvgIpc) is 2.69. The third-order valence-electron chi connectivity index (χ3n) is 4.50. The molecule has 0 saturated carbocycles. The van der Waals surface area contributed by atoms with Gasteiger partial charge in [-0.25, -0.2) is 0 Å². The topological polar surface area (TPSA) is 61.4 Å². The summed E-state index contributed by atoms with van der Waals surface area (Å²) in [6.45, 7) is 5.15. The normalized spacial score (nSPS) is 15.5. The Bertz CT molecular complexity index is 722. The van der Waals surface area contributed by atoms with Crippen molar-refractivity contribution in [2.24, 2.45) is 0 Å². The zero-order valence-corrected chi connectivity index (χ0v) is 14.4. The Labute approximate surface area is 148 Å². The fourth-order valence-electron chi connectivity index (χ4n) is 2.95. The summed E-state index contributed by atoms with van der Waals surface area (Å²) in [4.78, 5) is 26.7. The second-order valence-electron chi connectivity index (χ2n) is 6.24. The van der Waals surface area contributed by atoms with Gasteiger partial charge in [-0.05, 0) is 36.8 Å². The highest BCUT2D eigenvalue weighted by atomic mass is 16.2. The molecule has 1 heterocycles. The van der Waals surface area contributed by atoms with Crippen molar-refractivity contribution in [1.29, 1.82) is 0 Å². The van der Waals surface area contributed by atoms with Crippen LogP contribution in [0.4, 0.5) is 5.69 Å². The minimum atomic E-state index is -0.183. The summed E-state index contributed by atoms with van der Waals surface area (Å²) in [6, 6.07) is 16.6. The van der Waals surface area contributed by atoms with Gasteiger partial charge >= 0.3 is 0 Å². The number of piperazine rings is 1. The number of nitrogens with zero attached hydrogens (tertiary/aromatic N) is 1. The maximum absolute atomic E-state index is 12.6. The van der Waals surface area contributed by atoms with E-state index in [1.807, 2.05) is 54.3 Å². The van der Waals surface area contributed by atoms with Crippen molar-refractivity contribution >= 4 is 17.5 Å². The van der Waals surface area contributed by atoms with Gasteiger partial charge in [0.15, 0.2) is 0 Å². The molecule has 2 N–H and O–H groups in total. The van der Waals surface area contributed by atoms with Crippen LogP contribution in [0.1, 0.15) is 28.8 Å². The molecule has 1 unspecified atom stereocenters. The summed E-state index contributed by atoms with van der Waals surface area (Å²) >= 11 is 0. The van der Waals surface area contributed by atoms with E-state index >= 15 is 0 Å². The Hall–Kier alpha value is -2.66. The van der Waals surface area contributed by atoms with Gasteiger partial charge in [-0.2, -0.15) is 0 Å². The molecule has 1 atom stereocenters. The van der Waals surface area contributed by atoms with Crippen LogP contribution in [0.5, 0.6) is 0 Å². The highest BCUT2D eigenvalue weighted by molar-refractivity contribution is 6.04. The molecule has 1 fully saturated rings. The van der Waals surface area contributed by atoms with Crippen LogP contribution in [-0.4, -0.2) is 42.9 Å². The second-order valence-corrected chi connectivity index (χ2v) is 6.24. The molecule has 0 aromatic heterocycles. The number of nitrogens with one attached hydrogen (secondary N) is 2. The number of carbonyl (C=O) groups is 2. The summed E-state index contributed by atoms with van der Waals surface area (Å²) < 4.78 is 0. The third kappa shape index (κ3) is 4.25. The van der Waals surface area contributed by atoms with Crippen molar-refractivity contribution in [2.45, 2.75) is 12.8 Å². The number of amides is 2. The van der Waals surface area contributed by atoms with Crippen LogP contribution < -0.4 is 10.6 Å². The van der Waals surface area contributed by atoms with Gasteiger partial charge in [0.25, 0.3) is 5.91 Å². The van der Waals surface area contributed by atoms with Crippen LogP contribution in [0.2, 0.25) is 0 Å². The molecular formula is C20H23N3O2. The summed E-state index contributed by atoms with van der Waals surface area (Å²) in [5.41, 5.74) is 2.30. The van der Waals surface area contributed by atoms with Gasteiger partial charge in [-0.3, -0.25) is 9.59 Å². The molecule has 2 amide bonds. The zero-order valence-electron chi connectivity index (χ0n) is 14.4. The molecule has 5 heteroatoms. The lowest BCUT2D eigenvalue weighted by molar-refractivity contribution is -0.133. The highest BCUT2D eigenvalue weighted by Gasteiger charge is 2.23. The summed E-state index contributed by atoms with van der Waals surface area (Å²) in [5.74, 6) is -0.169. The average molecular weight is 337 g/mol. The Morgan fingerprint density at radius 2 is 1.64 bits per heavy atom. The van der Waals surface area contributed by atoms with Crippen molar-refractivity contribution < 1.29 is 9.59 Å². The molecule has 0 spiro atoms. The lowest BCUT2D eigenvalue weighted by Crippen LogP contribution is -2.47. The SMILES string of the molecule is CC(C(=O)N1CCNCC1)c1ccc(NC(=O)c2ccccc2)cc1. The molecule has 1 aliphatic heterocycles. The van der Waals surface area contributed by atoms with Crippen molar-refractivity contribution in [3.63, 3.8) is 0 Å². The molecule has 130 valence electrons. The van der Waals surface area contributed by atoms with E-state index in [9.17, 15) is 9.59 Å². The molecule has 0 bridgehead atoms. The van der Waals surface area contributed by atoms with Crippen molar-refractivity contribution in [2.75, 3.05) is 31.5 Å². The molecule has 0 aliphatic carbocycles. The summed E-state index contributed by atoms with van der Waals surface area (Å²) in [6.07, 6.45) is 0. The maximum Gasteiger partial charge on any atom is 0.255 e. The number of rotatable bonds is 4. The number of hydrogen-bond acceptors (Lipinski definition) is 3. The van der Waals surface area contributed by atoms with E-state index in [1.165, 1.54) is 0 Å². The Morgan fingerprint density at radius 3 is 2.28 bits per heavy atom. The van der Waals surface area contributed by atoms with E-state index < -0.39 is 0 Å². The third-order valence-corrected chi connectivity index (χ3v) is 4.50. The summed E-state index contributed by atoms with van der Waals surface area (Å²) in [7, 11) is 0. The van der Waals surface area contributed by atoms with Crippen molar-refractivity contribution in [3.8, 4) is 0 Å². The quantitative estimate of drug-likeness (QED) is 0.901. The molecule has 3 rings (SSSR count).